The average molecular weight is 243 g/mol. The SMILES string of the molecule is Cc1ccc2c(C)cc3n[nH]c(=S)n3c2c1C. The Morgan fingerprint density at radius 1 is 1.18 bits per heavy atom. The van der Waals surface area contributed by atoms with E-state index in [1.54, 1.807) is 0 Å². The van der Waals surface area contributed by atoms with E-state index in [1.165, 1.54) is 27.6 Å². The third-order valence-corrected chi connectivity index (χ3v) is 3.67. The number of H-pyrrole nitrogens is 1. The Kier molecular flexibility index (Phi) is 2.10. The summed E-state index contributed by atoms with van der Waals surface area (Å²) in [7, 11) is 0. The molecule has 0 saturated heterocycles. The minimum absolute atomic E-state index is 0.652. The molecule has 0 atom stereocenters. The summed E-state index contributed by atoms with van der Waals surface area (Å²) in [5, 5.41) is 8.34. The summed E-state index contributed by atoms with van der Waals surface area (Å²) in [5.41, 5.74) is 5.80. The number of aryl methyl sites for hydroxylation is 3. The first-order valence-corrected chi connectivity index (χ1v) is 5.97. The number of hydrogen-bond acceptors (Lipinski definition) is 2. The molecule has 0 aliphatic rings. The molecule has 3 rings (SSSR count). The highest BCUT2D eigenvalue weighted by Crippen LogP contribution is 2.25. The molecule has 86 valence electrons. The van der Waals surface area contributed by atoms with Crippen LogP contribution in [0.25, 0.3) is 16.6 Å². The predicted molar refractivity (Wildman–Crippen MR) is 72.1 cm³/mol. The molecule has 0 aliphatic heterocycles. The molecule has 0 spiro atoms. The van der Waals surface area contributed by atoms with E-state index in [1.807, 2.05) is 4.40 Å². The molecule has 0 saturated carbocycles. The highest BCUT2D eigenvalue weighted by Gasteiger charge is 2.09. The Morgan fingerprint density at radius 2 is 1.94 bits per heavy atom. The second-order valence-corrected chi connectivity index (χ2v) is 4.84. The average Bonchev–Trinajstić information content (AvgIpc) is 2.65. The number of rotatable bonds is 0. The number of fused-ring (bicyclic) bond motifs is 3. The van der Waals surface area contributed by atoms with Gasteiger partial charge in [0.1, 0.15) is 0 Å². The van der Waals surface area contributed by atoms with E-state index in [9.17, 15) is 0 Å². The molecule has 4 heteroatoms. The van der Waals surface area contributed by atoms with Gasteiger partial charge in [0.2, 0.25) is 0 Å². The Labute approximate surface area is 104 Å². The Balaban J connectivity index is 2.75. The zero-order valence-electron chi connectivity index (χ0n) is 10.0. The molecule has 0 amide bonds. The number of benzene rings is 1. The molecule has 3 aromatic rings. The van der Waals surface area contributed by atoms with Crippen molar-refractivity contribution in [3.05, 3.63) is 39.7 Å². The Morgan fingerprint density at radius 3 is 2.71 bits per heavy atom. The van der Waals surface area contributed by atoms with Crippen LogP contribution in [0.2, 0.25) is 0 Å². The molecule has 0 fully saturated rings. The molecule has 2 heterocycles. The van der Waals surface area contributed by atoms with E-state index in [0.29, 0.717) is 4.77 Å². The second-order valence-electron chi connectivity index (χ2n) is 4.45. The number of hydrogen-bond donors (Lipinski definition) is 1. The number of nitrogens with one attached hydrogen (secondary N) is 1. The van der Waals surface area contributed by atoms with Crippen molar-refractivity contribution in [2.24, 2.45) is 0 Å². The lowest BCUT2D eigenvalue weighted by Crippen LogP contribution is -1.95. The topological polar surface area (TPSA) is 33.1 Å². The molecule has 1 aromatic carbocycles. The smallest absolute Gasteiger partial charge is 0.200 e. The van der Waals surface area contributed by atoms with Crippen LogP contribution in [0.4, 0.5) is 0 Å². The second kappa shape index (κ2) is 3.40. The molecule has 2 aromatic heterocycles. The van der Waals surface area contributed by atoms with Crippen LogP contribution in [0.1, 0.15) is 16.7 Å². The fourth-order valence-electron chi connectivity index (χ4n) is 2.30. The van der Waals surface area contributed by atoms with Gasteiger partial charge in [-0.15, -0.1) is 0 Å². The van der Waals surface area contributed by atoms with Crippen molar-refractivity contribution < 1.29 is 0 Å². The summed E-state index contributed by atoms with van der Waals surface area (Å²) in [5.74, 6) is 0. The predicted octanol–water partition coefficient (Wildman–Crippen LogP) is 3.47. The minimum atomic E-state index is 0.652. The molecular weight excluding hydrogens is 230 g/mol. The van der Waals surface area contributed by atoms with Crippen LogP contribution in [0.15, 0.2) is 18.2 Å². The van der Waals surface area contributed by atoms with Crippen molar-refractivity contribution in [3.8, 4) is 0 Å². The first-order chi connectivity index (χ1) is 8.09. The van der Waals surface area contributed by atoms with Crippen molar-refractivity contribution in [1.82, 2.24) is 14.6 Å². The van der Waals surface area contributed by atoms with Crippen LogP contribution in [0.3, 0.4) is 0 Å². The first kappa shape index (κ1) is 10.5. The van der Waals surface area contributed by atoms with E-state index in [0.717, 1.165) is 5.65 Å². The molecule has 3 nitrogen and oxygen atoms in total. The van der Waals surface area contributed by atoms with Crippen LogP contribution >= 0.6 is 12.2 Å². The zero-order chi connectivity index (χ0) is 12.2. The maximum atomic E-state index is 5.31. The van der Waals surface area contributed by atoms with Crippen molar-refractivity contribution >= 4 is 28.8 Å². The molecule has 1 N–H and O–H groups in total. The van der Waals surface area contributed by atoms with Crippen molar-refractivity contribution in [2.75, 3.05) is 0 Å². The standard InChI is InChI=1S/C13H13N3S/c1-7-4-5-10-8(2)6-11-14-15-13(17)16(11)12(10)9(7)3/h4-6H,1-3H3,(H,15,17). The lowest BCUT2D eigenvalue weighted by atomic mass is 10.0. The van der Waals surface area contributed by atoms with Gasteiger partial charge < -0.3 is 0 Å². The summed E-state index contributed by atoms with van der Waals surface area (Å²) >= 11 is 5.31. The summed E-state index contributed by atoms with van der Waals surface area (Å²) < 4.78 is 2.67. The van der Waals surface area contributed by atoms with Gasteiger partial charge in [-0.2, -0.15) is 5.10 Å². The highest BCUT2D eigenvalue weighted by atomic mass is 32.1. The van der Waals surface area contributed by atoms with Gasteiger partial charge in [0.15, 0.2) is 10.4 Å². The monoisotopic (exact) mass is 243 g/mol. The van der Waals surface area contributed by atoms with Crippen LogP contribution in [0.5, 0.6) is 0 Å². The molecule has 0 aliphatic carbocycles. The van der Waals surface area contributed by atoms with E-state index >= 15 is 0 Å². The lowest BCUT2D eigenvalue weighted by molar-refractivity contribution is 1.08. The van der Waals surface area contributed by atoms with Crippen LogP contribution in [-0.4, -0.2) is 14.6 Å². The van der Waals surface area contributed by atoms with Crippen molar-refractivity contribution in [3.63, 3.8) is 0 Å². The Hall–Kier alpha value is -1.68. The summed E-state index contributed by atoms with van der Waals surface area (Å²) in [6.07, 6.45) is 0. The number of pyridine rings is 1. The van der Waals surface area contributed by atoms with Gasteiger partial charge in [0.05, 0.1) is 5.52 Å². The quantitative estimate of drug-likeness (QED) is 0.613. The summed E-state index contributed by atoms with van der Waals surface area (Å²) in [6, 6.07) is 6.37. The van der Waals surface area contributed by atoms with Gasteiger partial charge >= 0.3 is 0 Å². The first-order valence-electron chi connectivity index (χ1n) is 5.56. The summed E-state index contributed by atoms with van der Waals surface area (Å²) in [4.78, 5) is 0. The molecule has 0 radical (unpaired) electrons. The zero-order valence-corrected chi connectivity index (χ0v) is 10.9. The van der Waals surface area contributed by atoms with Crippen LogP contribution < -0.4 is 0 Å². The third kappa shape index (κ3) is 1.34. The molecular formula is C13H13N3S. The third-order valence-electron chi connectivity index (χ3n) is 3.39. The largest absolute Gasteiger partial charge is 0.268 e. The van der Waals surface area contributed by atoms with Crippen molar-refractivity contribution in [2.45, 2.75) is 20.8 Å². The van der Waals surface area contributed by atoms with E-state index in [4.69, 9.17) is 12.2 Å². The van der Waals surface area contributed by atoms with Gasteiger partial charge in [0.25, 0.3) is 0 Å². The van der Waals surface area contributed by atoms with Crippen LogP contribution in [0, 0.1) is 25.5 Å². The summed E-state index contributed by atoms with van der Waals surface area (Å²) in [6.45, 7) is 6.35. The number of nitrogens with zero attached hydrogens (tertiary/aromatic N) is 2. The lowest BCUT2D eigenvalue weighted by Gasteiger charge is -2.10. The molecule has 0 bridgehead atoms. The van der Waals surface area contributed by atoms with Gasteiger partial charge in [-0.25, -0.2) is 0 Å². The molecule has 17 heavy (non-hydrogen) atoms. The fourth-order valence-corrected chi connectivity index (χ4v) is 2.53. The van der Waals surface area contributed by atoms with Crippen molar-refractivity contribution in [1.29, 1.82) is 0 Å². The molecule has 0 unspecified atom stereocenters. The van der Waals surface area contributed by atoms with Gasteiger partial charge in [-0.1, -0.05) is 12.1 Å². The minimum Gasteiger partial charge on any atom is -0.268 e. The maximum absolute atomic E-state index is 5.31. The number of aromatic nitrogens is 3. The van der Waals surface area contributed by atoms with E-state index < -0.39 is 0 Å². The normalized spacial score (nSPS) is 11.5. The number of aromatic amines is 1. The van der Waals surface area contributed by atoms with E-state index in [-0.39, 0.29) is 0 Å². The fraction of sp³-hybridized carbons (Fsp3) is 0.231. The van der Waals surface area contributed by atoms with E-state index in [2.05, 4.69) is 49.2 Å². The maximum Gasteiger partial charge on any atom is 0.200 e. The van der Waals surface area contributed by atoms with Gasteiger partial charge in [-0.3, -0.25) is 9.50 Å². The Bertz CT molecular complexity index is 796. The van der Waals surface area contributed by atoms with Gasteiger partial charge in [-0.05, 0) is 55.7 Å². The highest BCUT2D eigenvalue weighted by molar-refractivity contribution is 7.71. The van der Waals surface area contributed by atoms with Gasteiger partial charge in [0, 0.05) is 5.39 Å². The van der Waals surface area contributed by atoms with Crippen LogP contribution in [-0.2, 0) is 0 Å².